The zero-order valence-electron chi connectivity index (χ0n) is 10.4. The van der Waals surface area contributed by atoms with Crippen LogP contribution < -0.4 is 5.32 Å². The highest BCUT2D eigenvalue weighted by Gasteiger charge is 2.18. The zero-order valence-corrected chi connectivity index (χ0v) is 11.2. The first-order chi connectivity index (χ1) is 8.65. The summed E-state index contributed by atoms with van der Waals surface area (Å²) in [5.74, 6) is 0.348. The lowest BCUT2D eigenvalue weighted by Crippen LogP contribution is -2.37. The van der Waals surface area contributed by atoms with Crippen molar-refractivity contribution in [1.29, 1.82) is 0 Å². The van der Waals surface area contributed by atoms with Gasteiger partial charge in [-0.05, 0) is 38.9 Å². The second-order valence-corrected chi connectivity index (χ2v) is 5.07. The van der Waals surface area contributed by atoms with Crippen molar-refractivity contribution >= 4 is 17.5 Å². The molecule has 1 N–H and O–H groups in total. The third-order valence-corrected chi connectivity index (χ3v) is 3.41. The Morgan fingerprint density at radius 3 is 2.89 bits per heavy atom. The molecular weight excluding hydrogens is 252 g/mol. The number of aromatic nitrogens is 2. The number of carbonyl (C=O) groups is 1. The smallest absolute Gasteiger partial charge is 0.271 e. The van der Waals surface area contributed by atoms with Crippen LogP contribution in [0.15, 0.2) is 12.4 Å². The van der Waals surface area contributed by atoms with Crippen LogP contribution in [-0.4, -0.2) is 47.5 Å². The second-order valence-electron chi connectivity index (χ2n) is 4.68. The van der Waals surface area contributed by atoms with Crippen LogP contribution in [0.3, 0.4) is 0 Å². The van der Waals surface area contributed by atoms with Crippen molar-refractivity contribution in [2.45, 2.75) is 12.8 Å². The van der Waals surface area contributed by atoms with Gasteiger partial charge in [0.25, 0.3) is 5.91 Å². The summed E-state index contributed by atoms with van der Waals surface area (Å²) in [7, 11) is 2.12. The lowest BCUT2D eigenvalue weighted by Gasteiger charge is -2.28. The maximum absolute atomic E-state index is 11.8. The van der Waals surface area contributed by atoms with Crippen molar-refractivity contribution in [3.8, 4) is 0 Å². The van der Waals surface area contributed by atoms with Gasteiger partial charge in [-0.25, -0.2) is 4.98 Å². The Balaban J connectivity index is 1.81. The Labute approximate surface area is 112 Å². The molecular formula is C12H17ClN4O. The molecule has 98 valence electrons. The van der Waals surface area contributed by atoms with Gasteiger partial charge in [-0.2, -0.15) is 0 Å². The first-order valence-electron chi connectivity index (χ1n) is 6.09. The van der Waals surface area contributed by atoms with E-state index in [0.29, 0.717) is 12.5 Å². The molecule has 0 bridgehead atoms. The van der Waals surface area contributed by atoms with Crippen LogP contribution in [0.25, 0.3) is 0 Å². The molecule has 0 radical (unpaired) electrons. The molecule has 0 spiro atoms. The molecule has 1 amide bonds. The van der Waals surface area contributed by atoms with E-state index in [1.54, 1.807) is 0 Å². The molecule has 1 aromatic rings. The summed E-state index contributed by atoms with van der Waals surface area (Å²) in [6.07, 6.45) is 5.08. The molecule has 18 heavy (non-hydrogen) atoms. The fourth-order valence-corrected chi connectivity index (χ4v) is 2.19. The van der Waals surface area contributed by atoms with Crippen LogP contribution in [0.1, 0.15) is 23.3 Å². The van der Waals surface area contributed by atoms with Gasteiger partial charge in [-0.15, -0.1) is 0 Å². The summed E-state index contributed by atoms with van der Waals surface area (Å²) < 4.78 is 0. The molecule has 1 aliphatic rings. The SMILES string of the molecule is CN1CCC(CNC(=O)c2cncc(Cl)n2)CC1. The highest BCUT2D eigenvalue weighted by molar-refractivity contribution is 6.29. The van der Waals surface area contributed by atoms with Crippen LogP contribution in [0.2, 0.25) is 5.15 Å². The van der Waals surface area contributed by atoms with Crippen LogP contribution >= 0.6 is 11.6 Å². The normalized spacial score (nSPS) is 17.7. The highest BCUT2D eigenvalue weighted by Crippen LogP contribution is 2.14. The van der Waals surface area contributed by atoms with Gasteiger partial charge in [0.1, 0.15) is 10.8 Å². The van der Waals surface area contributed by atoms with Gasteiger partial charge < -0.3 is 10.2 Å². The maximum atomic E-state index is 11.8. The fourth-order valence-electron chi connectivity index (χ4n) is 2.05. The largest absolute Gasteiger partial charge is 0.350 e. The fraction of sp³-hybridized carbons (Fsp3) is 0.583. The first kappa shape index (κ1) is 13.2. The summed E-state index contributed by atoms with van der Waals surface area (Å²) in [5.41, 5.74) is 0.274. The average molecular weight is 269 g/mol. The van der Waals surface area contributed by atoms with E-state index in [1.807, 2.05) is 0 Å². The number of piperidine rings is 1. The molecule has 1 aliphatic heterocycles. The molecule has 0 unspecified atom stereocenters. The summed E-state index contributed by atoms with van der Waals surface area (Å²) in [4.78, 5) is 21.9. The van der Waals surface area contributed by atoms with Gasteiger partial charge >= 0.3 is 0 Å². The number of rotatable bonds is 3. The number of amides is 1. The first-order valence-corrected chi connectivity index (χ1v) is 6.47. The maximum Gasteiger partial charge on any atom is 0.271 e. The molecule has 0 aliphatic carbocycles. The molecule has 0 aromatic carbocycles. The quantitative estimate of drug-likeness (QED) is 0.895. The van der Waals surface area contributed by atoms with Crippen molar-refractivity contribution in [2.24, 2.45) is 5.92 Å². The number of carbonyl (C=O) groups excluding carboxylic acids is 1. The molecule has 2 rings (SSSR count). The average Bonchev–Trinajstić information content (AvgIpc) is 2.38. The van der Waals surface area contributed by atoms with E-state index in [-0.39, 0.29) is 16.8 Å². The van der Waals surface area contributed by atoms with E-state index in [4.69, 9.17) is 11.6 Å². The summed E-state index contributed by atoms with van der Waals surface area (Å²) in [6.45, 7) is 2.88. The summed E-state index contributed by atoms with van der Waals surface area (Å²) in [6, 6.07) is 0. The van der Waals surface area contributed by atoms with Crippen LogP contribution in [0.4, 0.5) is 0 Å². The van der Waals surface area contributed by atoms with Gasteiger partial charge in [0.2, 0.25) is 0 Å². The van der Waals surface area contributed by atoms with Gasteiger partial charge in [-0.1, -0.05) is 11.6 Å². The Hall–Kier alpha value is -1.20. The van der Waals surface area contributed by atoms with E-state index >= 15 is 0 Å². The topological polar surface area (TPSA) is 58.1 Å². The number of nitrogens with zero attached hydrogens (tertiary/aromatic N) is 3. The Bertz CT molecular complexity index is 418. The monoisotopic (exact) mass is 268 g/mol. The Kier molecular flexibility index (Phi) is 4.49. The third kappa shape index (κ3) is 3.65. The molecule has 2 heterocycles. The highest BCUT2D eigenvalue weighted by atomic mass is 35.5. The van der Waals surface area contributed by atoms with Gasteiger partial charge in [-0.3, -0.25) is 9.78 Å². The Morgan fingerprint density at radius 1 is 1.50 bits per heavy atom. The zero-order chi connectivity index (χ0) is 13.0. The number of nitrogens with one attached hydrogen (secondary N) is 1. The van der Waals surface area contributed by atoms with E-state index in [0.717, 1.165) is 25.9 Å². The summed E-state index contributed by atoms with van der Waals surface area (Å²) >= 11 is 5.69. The minimum absolute atomic E-state index is 0.205. The van der Waals surface area contributed by atoms with Crippen molar-refractivity contribution in [1.82, 2.24) is 20.2 Å². The Morgan fingerprint density at radius 2 is 2.22 bits per heavy atom. The lowest BCUT2D eigenvalue weighted by atomic mass is 9.97. The molecule has 1 saturated heterocycles. The molecule has 6 heteroatoms. The number of likely N-dealkylation sites (tertiary alicyclic amines) is 1. The van der Waals surface area contributed by atoms with E-state index < -0.39 is 0 Å². The lowest BCUT2D eigenvalue weighted by molar-refractivity contribution is 0.0933. The van der Waals surface area contributed by atoms with Crippen LogP contribution in [-0.2, 0) is 0 Å². The predicted octanol–water partition coefficient (Wildman–Crippen LogP) is 1.20. The second kappa shape index (κ2) is 6.11. The molecule has 1 fully saturated rings. The van der Waals surface area contributed by atoms with E-state index in [9.17, 15) is 4.79 Å². The minimum atomic E-state index is -0.205. The third-order valence-electron chi connectivity index (χ3n) is 3.23. The van der Waals surface area contributed by atoms with Crippen LogP contribution in [0, 0.1) is 5.92 Å². The van der Waals surface area contributed by atoms with E-state index in [1.165, 1.54) is 12.4 Å². The number of halogens is 1. The molecule has 0 saturated carbocycles. The molecule has 0 atom stereocenters. The van der Waals surface area contributed by atoms with Gasteiger partial charge in [0.05, 0.1) is 12.4 Å². The van der Waals surface area contributed by atoms with E-state index in [2.05, 4.69) is 27.2 Å². The van der Waals surface area contributed by atoms with Gasteiger partial charge in [0, 0.05) is 6.54 Å². The number of hydrogen-bond acceptors (Lipinski definition) is 4. The van der Waals surface area contributed by atoms with Crippen molar-refractivity contribution in [2.75, 3.05) is 26.7 Å². The minimum Gasteiger partial charge on any atom is -0.350 e. The molecule has 1 aromatic heterocycles. The number of hydrogen-bond donors (Lipinski definition) is 1. The van der Waals surface area contributed by atoms with Crippen molar-refractivity contribution in [3.63, 3.8) is 0 Å². The van der Waals surface area contributed by atoms with Crippen molar-refractivity contribution < 1.29 is 4.79 Å². The molecule has 5 nitrogen and oxygen atoms in total. The predicted molar refractivity (Wildman–Crippen MR) is 69.6 cm³/mol. The van der Waals surface area contributed by atoms with Gasteiger partial charge in [0.15, 0.2) is 0 Å². The standard InChI is InChI=1S/C12H17ClN4O/c1-17-4-2-9(3-5-17)6-15-12(18)10-7-14-8-11(13)16-10/h7-9H,2-6H2,1H3,(H,15,18). The summed E-state index contributed by atoms with van der Waals surface area (Å²) in [5, 5.41) is 3.13. The van der Waals surface area contributed by atoms with Crippen molar-refractivity contribution in [3.05, 3.63) is 23.2 Å². The van der Waals surface area contributed by atoms with Crippen LogP contribution in [0.5, 0.6) is 0 Å².